The quantitative estimate of drug-likeness (QED) is 0.133. The maximum absolute atomic E-state index is 4.84. The normalized spacial score (nSPS) is 13.1. The standard InChI is InChI=1S/C43H34N2/c1-44-43(33-18-6-3-7-19-33)45-30-31-15-14-22-36(27-31)37-23-10-11-24-38(37)39-25-12-13-26-40(39)42-29-35-21-9-8-20-34(35)28-41(42)32-16-4-2-5-17-32/h2,4-6,8-29H,1,3,7,30H2. The summed E-state index contributed by atoms with van der Waals surface area (Å²) in [5.41, 5.74) is 11.8. The Labute approximate surface area is 265 Å². The van der Waals surface area contributed by atoms with Crippen molar-refractivity contribution in [2.45, 2.75) is 19.4 Å². The third-order valence-electron chi connectivity index (χ3n) is 8.46. The fourth-order valence-corrected chi connectivity index (χ4v) is 6.26. The zero-order chi connectivity index (χ0) is 30.4. The molecule has 2 nitrogen and oxygen atoms in total. The van der Waals surface area contributed by atoms with E-state index >= 15 is 0 Å². The van der Waals surface area contributed by atoms with Crippen LogP contribution in [0.25, 0.3) is 55.3 Å². The molecule has 0 amide bonds. The molecular weight excluding hydrogens is 544 g/mol. The minimum atomic E-state index is 0.545. The molecule has 0 N–H and O–H groups in total. The lowest BCUT2D eigenvalue weighted by Crippen LogP contribution is -2.00. The molecule has 0 radical (unpaired) electrons. The smallest absolute Gasteiger partial charge is 0.153 e. The molecule has 0 fully saturated rings. The molecule has 0 saturated carbocycles. The van der Waals surface area contributed by atoms with E-state index in [1.54, 1.807) is 0 Å². The number of amidine groups is 1. The van der Waals surface area contributed by atoms with Gasteiger partial charge in [0.1, 0.15) is 0 Å². The first-order valence-corrected chi connectivity index (χ1v) is 15.5. The number of hydrogen-bond donors (Lipinski definition) is 0. The predicted octanol–water partition coefficient (Wildman–Crippen LogP) is 11.4. The Hall–Kier alpha value is -5.60. The molecule has 1 aliphatic rings. The number of fused-ring (bicyclic) bond motifs is 1. The molecule has 45 heavy (non-hydrogen) atoms. The van der Waals surface area contributed by atoms with Gasteiger partial charge in [0.2, 0.25) is 0 Å². The minimum absolute atomic E-state index is 0.545. The number of allylic oxidation sites excluding steroid dienone is 2. The summed E-state index contributed by atoms with van der Waals surface area (Å²) in [5.74, 6) is 0.704. The molecule has 7 rings (SSSR count). The molecule has 0 atom stereocenters. The SMILES string of the molecule is C=NC(=NCc1cccc(-c2ccccc2-c2ccccc2-c2cc3ccccc3cc2-c2ccccc2)c1)C1=CCCC=C1. The van der Waals surface area contributed by atoms with E-state index in [2.05, 4.69) is 169 Å². The lowest BCUT2D eigenvalue weighted by Gasteiger charge is -2.18. The van der Waals surface area contributed by atoms with E-state index in [0.29, 0.717) is 12.4 Å². The van der Waals surface area contributed by atoms with E-state index in [1.807, 2.05) is 0 Å². The zero-order valence-electron chi connectivity index (χ0n) is 25.2. The van der Waals surface area contributed by atoms with E-state index in [9.17, 15) is 0 Å². The summed E-state index contributed by atoms with van der Waals surface area (Å²) in [4.78, 5) is 9.06. The Kier molecular flexibility index (Phi) is 8.11. The van der Waals surface area contributed by atoms with E-state index < -0.39 is 0 Å². The number of rotatable bonds is 7. The highest BCUT2D eigenvalue weighted by molar-refractivity contribution is 6.03. The zero-order valence-corrected chi connectivity index (χ0v) is 25.2. The molecule has 0 spiro atoms. The van der Waals surface area contributed by atoms with Crippen molar-refractivity contribution in [2.24, 2.45) is 9.98 Å². The lowest BCUT2D eigenvalue weighted by molar-refractivity contribution is 1.02. The minimum Gasteiger partial charge on any atom is -0.261 e. The van der Waals surface area contributed by atoms with Crippen LogP contribution in [0.2, 0.25) is 0 Å². The molecule has 6 aromatic rings. The summed E-state index contributed by atoms with van der Waals surface area (Å²) >= 11 is 0. The fourth-order valence-electron chi connectivity index (χ4n) is 6.26. The fraction of sp³-hybridized carbons (Fsp3) is 0.0698. The van der Waals surface area contributed by atoms with E-state index in [-0.39, 0.29) is 0 Å². The van der Waals surface area contributed by atoms with Gasteiger partial charge < -0.3 is 0 Å². The molecule has 6 aromatic carbocycles. The van der Waals surface area contributed by atoms with Crippen LogP contribution in [0.3, 0.4) is 0 Å². The van der Waals surface area contributed by atoms with Crippen molar-refractivity contribution in [3.63, 3.8) is 0 Å². The Morgan fingerprint density at radius 1 is 0.533 bits per heavy atom. The molecule has 0 aliphatic heterocycles. The van der Waals surface area contributed by atoms with Crippen LogP contribution in [0.4, 0.5) is 0 Å². The van der Waals surface area contributed by atoms with Crippen molar-refractivity contribution in [3.8, 4) is 44.5 Å². The van der Waals surface area contributed by atoms with Crippen LogP contribution >= 0.6 is 0 Å². The van der Waals surface area contributed by atoms with Crippen molar-refractivity contribution in [1.29, 1.82) is 0 Å². The van der Waals surface area contributed by atoms with E-state index in [0.717, 1.165) is 24.0 Å². The van der Waals surface area contributed by atoms with Crippen LogP contribution in [0.5, 0.6) is 0 Å². The number of hydrogen-bond acceptors (Lipinski definition) is 1. The topological polar surface area (TPSA) is 24.7 Å². The first-order chi connectivity index (χ1) is 22.3. The van der Waals surface area contributed by atoms with Gasteiger partial charge in [-0.2, -0.15) is 0 Å². The van der Waals surface area contributed by atoms with Gasteiger partial charge in [0.25, 0.3) is 0 Å². The monoisotopic (exact) mass is 578 g/mol. The van der Waals surface area contributed by atoms with Crippen LogP contribution in [-0.2, 0) is 6.54 Å². The number of aliphatic imine (C=N–C) groups is 2. The van der Waals surface area contributed by atoms with Gasteiger partial charge in [0, 0.05) is 5.57 Å². The van der Waals surface area contributed by atoms with Crippen LogP contribution in [0.15, 0.2) is 173 Å². The summed E-state index contributed by atoms with van der Waals surface area (Å²) < 4.78 is 0. The molecule has 0 unspecified atom stereocenters. The van der Waals surface area contributed by atoms with Gasteiger partial charge in [0.15, 0.2) is 5.84 Å². The maximum Gasteiger partial charge on any atom is 0.153 e. The second-order valence-corrected chi connectivity index (χ2v) is 11.3. The molecule has 2 heteroatoms. The number of benzene rings is 6. The Bertz CT molecular complexity index is 2100. The molecule has 0 aromatic heterocycles. The Morgan fingerprint density at radius 3 is 1.82 bits per heavy atom. The van der Waals surface area contributed by atoms with Crippen molar-refractivity contribution in [2.75, 3.05) is 0 Å². The molecule has 0 heterocycles. The largest absolute Gasteiger partial charge is 0.261 e. The van der Waals surface area contributed by atoms with Gasteiger partial charge in [-0.1, -0.05) is 140 Å². The first-order valence-electron chi connectivity index (χ1n) is 15.5. The van der Waals surface area contributed by atoms with Crippen LogP contribution in [0.1, 0.15) is 18.4 Å². The summed E-state index contributed by atoms with van der Waals surface area (Å²) in [5, 5.41) is 2.47. The van der Waals surface area contributed by atoms with Gasteiger partial charge in [0.05, 0.1) is 6.54 Å². The average Bonchev–Trinajstić information content (AvgIpc) is 3.12. The summed E-state index contributed by atoms with van der Waals surface area (Å²) in [6, 6.07) is 50.2. The van der Waals surface area contributed by atoms with Crippen LogP contribution in [-0.4, -0.2) is 12.6 Å². The number of nitrogens with zero attached hydrogens (tertiary/aromatic N) is 2. The molecular formula is C43H34N2. The van der Waals surface area contributed by atoms with E-state index in [4.69, 9.17) is 4.99 Å². The summed E-state index contributed by atoms with van der Waals surface area (Å²) in [6.07, 6.45) is 8.54. The van der Waals surface area contributed by atoms with Crippen molar-refractivity contribution < 1.29 is 0 Å². The molecule has 216 valence electrons. The highest BCUT2D eigenvalue weighted by atomic mass is 14.9. The maximum atomic E-state index is 4.84. The second-order valence-electron chi connectivity index (χ2n) is 11.3. The van der Waals surface area contributed by atoms with Crippen LogP contribution < -0.4 is 0 Å². The van der Waals surface area contributed by atoms with Gasteiger partial charge in [-0.15, -0.1) is 0 Å². The van der Waals surface area contributed by atoms with Crippen molar-refractivity contribution in [1.82, 2.24) is 0 Å². The summed E-state index contributed by atoms with van der Waals surface area (Å²) in [6.45, 7) is 4.32. The lowest BCUT2D eigenvalue weighted by atomic mass is 9.85. The van der Waals surface area contributed by atoms with Gasteiger partial charge in [-0.3, -0.25) is 4.99 Å². The second kappa shape index (κ2) is 13.0. The Morgan fingerprint density at radius 2 is 1.13 bits per heavy atom. The van der Waals surface area contributed by atoms with Gasteiger partial charge >= 0.3 is 0 Å². The average molecular weight is 579 g/mol. The highest BCUT2D eigenvalue weighted by Crippen LogP contribution is 2.43. The third-order valence-corrected chi connectivity index (χ3v) is 8.46. The van der Waals surface area contributed by atoms with E-state index in [1.165, 1.54) is 55.3 Å². The highest BCUT2D eigenvalue weighted by Gasteiger charge is 2.16. The molecule has 1 aliphatic carbocycles. The summed E-state index contributed by atoms with van der Waals surface area (Å²) in [7, 11) is 0. The van der Waals surface area contributed by atoms with Crippen LogP contribution in [0, 0.1) is 0 Å². The Balaban J connectivity index is 1.32. The molecule has 0 bridgehead atoms. The van der Waals surface area contributed by atoms with Crippen molar-refractivity contribution >= 4 is 23.3 Å². The van der Waals surface area contributed by atoms with Gasteiger partial charge in [-0.05, 0) is 98.6 Å². The molecule has 0 saturated heterocycles. The third kappa shape index (κ3) is 5.96. The first kappa shape index (κ1) is 28.2. The van der Waals surface area contributed by atoms with Crippen molar-refractivity contribution in [3.05, 3.63) is 169 Å². The van der Waals surface area contributed by atoms with Gasteiger partial charge in [-0.25, -0.2) is 4.99 Å². The predicted molar refractivity (Wildman–Crippen MR) is 193 cm³/mol.